The minimum atomic E-state index is -4.15. The lowest BCUT2D eigenvalue weighted by Gasteiger charge is -2.37. The Balaban J connectivity index is 1.84. The molecular formula is C19H23N3O8S3. The fourth-order valence-corrected chi connectivity index (χ4v) is 7.13. The molecule has 2 N–H and O–H groups in total. The van der Waals surface area contributed by atoms with Gasteiger partial charge >= 0.3 is 5.97 Å². The molecule has 1 fully saturated rings. The number of nitrogens with one attached hydrogen (secondary N) is 1. The van der Waals surface area contributed by atoms with Crippen LogP contribution in [0.1, 0.15) is 12.5 Å². The molecule has 11 nitrogen and oxygen atoms in total. The van der Waals surface area contributed by atoms with Gasteiger partial charge in [0.2, 0.25) is 10.0 Å². The van der Waals surface area contributed by atoms with Crippen molar-refractivity contribution in [3.05, 3.63) is 42.0 Å². The van der Waals surface area contributed by atoms with Gasteiger partial charge in [-0.25, -0.2) is 22.3 Å². The largest absolute Gasteiger partial charge is 0.461 e. The summed E-state index contributed by atoms with van der Waals surface area (Å²) in [6.07, 6.45) is 0.966. The first-order valence-corrected chi connectivity index (χ1v) is 13.8. The molecule has 0 spiro atoms. The molecule has 1 aliphatic heterocycles. The Hall–Kier alpha value is -2.36. The minimum Gasteiger partial charge on any atom is -0.461 e. The first kappa shape index (κ1) is 25.3. The second kappa shape index (κ2) is 9.87. The summed E-state index contributed by atoms with van der Waals surface area (Å²) in [6.45, 7) is 0.679. The molecule has 1 saturated heterocycles. The molecule has 180 valence electrons. The van der Waals surface area contributed by atoms with Crippen molar-refractivity contribution in [3.63, 3.8) is 0 Å². The van der Waals surface area contributed by atoms with Crippen molar-refractivity contribution in [1.82, 2.24) is 14.1 Å². The van der Waals surface area contributed by atoms with Gasteiger partial charge in [-0.3, -0.25) is 14.8 Å². The van der Waals surface area contributed by atoms with Gasteiger partial charge in [-0.05, 0) is 23.3 Å². The fraction of sp³-hybridized carbons (Fsp3) is 0.368. The summed E-state index contributed by atoms with van der Waals surface area (Å²) >= 11 is 0.997. The number of amides is 1. The zero-order valence-corrected chi connectivity index (χ0v) is 20.2. The van der Waals surface area contributed by atoms with E-state index in [0.29, 0.717) is 4.88 Å². The molecule has 1 atom stereocenters. The van der Waals surface area contributed by atoms with Gasteiger partial charge in [-0.2, -0.15) is 8.61 Å². The van der Waals surface area contributed by atoms with E-state index >= 15 is 0 Å². The highest BCUT2D eigenvalue weighted by Crippen LogP contribution is 2.34. The van der Waals surface area contributed by atoms with E-state index in [4.69, 9.17) is 9.94 Å². The summed E-state index contributed by atoms with van der Waals surface area (Å²) in [4.78, 5) is 23.8. The molecule has 0 saturated carbocycles. The molecule has 0 radical (unpaired) electrons. The van der Waals surface area contributed by atoms with Crippen molar-refractivity contribution >= 4 is 43.3 Å². The molecule has 14 heteroatoms. The van der Waals surface area contributed by atoms with Crippen LogP contribution in [-0.2, 0) is 41.0 Å². The third-order valence-corrected chi connectivity index (χ3v) is 9.78. The van der Waals surface area contributed by atoms with Gasteiger partial charge in [0.25, 0.3) is 15.9 Å². The number of piperazine rings is 1. The van der Waals surface area contributed by atoms with Crippen LogP contribution in [0.3, 0.4) is 0 Å². The molecular weight excluding hydrogens is 494 g/mol. The lowest BCUT2D eigenvalue weighted by atomic mass is 10.1. The number of benzene rings is 1. The van der Waals surface area contributed by atoms with E-state index in [2.05, 4.69) is 0 Å². The first-order valence-electron chi connectivity index (χ1n) is 9.67. The quantitative estimate of drug-likeness (QED) is 0.308. The monoisotopic (exact) mass is 517 g/mol. The summed E-state index contributed by atoms with van der Waals surface area (Å²) in [6, 6.07) is 8.69. The molecule has 1 amide bonds. The van der Waals surface area contributed by atoms with Gasteiger partial charge < -0.3 is 4.74 Å². The maximum Gasteiger partial charge on any atom is 0.302 e. The third kappa shape index (κ3) is 5.77. The predicted molar refractivity (Wildman–Crippen MR) is 119 cm³/mol. The number of esters is 1. The molecule has 0 bridgehead atoms. The Labute approximate surface area is 195 Å². The summed E-state index contributed by atoms with van der Waals surface area (Å²) in [5.41, 5.74) is 2.95. The van der Waals surface area contributed by atoms with E-state index < -0.39 is 44.5 Å². The number of thiophene rings is 1. The standard InChI is InChI=1S/C19H23N3O8S3/c1-13(23)30-12-14-3-5-15(6-4-14)17-7-8-18(31-17)33(28,29)22-10-9-21(32(2,26)27)11-16(22)19(24)20-25/h3-8,16,25H,9-12H2,1-2H3,(H,20,24)/t16-/m1/s1. The number of ether oxygens (including phenoxy) is 1. The number of hydroxylamine groups is 1. The Bertz CT molecular complexity index is 1240. The lowest BCUT2D eigenvalue weighted by molar-refractivity contribution is -0.142. The van der Waals surface area contributed by atoms with Crippen molar-refractivity contribution in [1.29, 1.82) is 0 Å². The highest BCUT2D eigenvalue weighted by molar-refractivity contribution is 7.91. The van der Waals surface area contributed by atoms with Gasteiger partial charge in [0, 0.05) is 31.4 Å². The minimum absolute atomic E-state index is 0.0231. The Morgan fingerprint density at radius 2 is 1.79 bits per heavy atom. The van der Waals surface area contributed by atoms with Crippen LogP contribution in [0, 0.1) is 0 Å². The number of rotatable bonds is 7. The van der Waals surface area contributed by atoms with Crippen LogP contribution in [0.2, 0.25) is 0 Å². The predicted octanol–water partition coefficient (Wildman–Crippen LogP) is 0.618. The molecule has 1 aromatic heterocycles. The van der Waals surface area contributed by atoms with Crippen LogP contribution in [0.15, 0.2) is 40.6 Å². The highest BCUT2D eigenvalue weighted by Gasteiger charge is 2.42. The number of nitrogens with zero attached hydrogens (tertiary/aromatic N) is 2. The second-order valence-electron chi connectivity index (χ2n) is 7.32. The maximum atomic E-state index is 13.3. The topological polar surface area (TPSA) is 150 Å². The van der Waals surface area contributed by atoms with Crippen molar-refractivity contribution in [2.24, 2.45) is 0 Å². The van der Waals surface area contributed by atoms with Crippen LogP contribution in [-0.4, -0.2) is 74.5 Å². The number of carbonyl (C=O) groups is 2. The zero-order valence-electron chi connectivity index (χ0n) is 17.8. The molecule has 2 heterocycles. The maximum absolute atomic E-state index is 13.3. The first-order chi connectivity index (χ1) is 15.4. The van der Waals surface area contributed by atoms with Crippen molar-refractivity contribution in [2.45, 2.75) is 23.8 Å². The van der Waals surface area contributed by atoms with E-state index in [1.807, 2.05) is 0 Å². The van der Waals surface area contributed by atoms with Crippen LogP contribution in [0.5, 0.6) is 0 Å². The van der Waals surface area contributed by atoms with E-state index in [1.165, 1.54) is 18.5 Å². The normalized spacial score (nSPS) is 18.1. The van der Waals surface area contributed by atoms with Gasteiger partial charge in [-0.1, -0.05) is 24.3 Å². The zero-order chi connectivity index (χ0) is 24.4. The summed E-state index contributed by atoms with van der Waals surface area (Å²) in [5.74, 6) is -1.41. The fourth-order valence-electron chi connectivity index (χ4n) is 3.30. The van der Waals surface area contributed by atoms with Crippen molar-refractivity contribution < 1.29 is 36.4 Å². The lowest BCUT2D eigenvalue weighted by Crippen LogP contribution is -2.60. The number of hydrogen-bond donors (Lipinski definition) is 2. The van der Waals surface area contributed by atoms with Crippen LogP contribution >= 0.6 is 11.3 Å². The summed E-state index contributed by atoms with van der Waals surface area (Å²) in [5, 5.41) is 9.06. The summed E-state index contributed by atoms with van der Waals surface area (Å²) in [7, 11) is -7.80. The number of hydrogen-bond acceptors (Lipinski definition) is 9. The molecule has 0 unspecified atom stereocenters. The summed E-state index contributed by atoms with van der Waals surface area (Å²) < 4.78 is 57.1. The molecule has 0 aliphatic carbocycles. The van der Waals surface area contributed by atoms with E-state index in [9.17, 15) is 26.4 Å². The average molecular weight is 518 g/mol. The van der Waals surface area contributed by atoms with E-state index in [-0.39, 0.29) is 23.9 Å². The van der Waals surface area contributed by atoms with Crippen LogP contribution in [0.4, 0.5) is 0 Å². The Morgan fingerprint density at radius 3 is 2.36 bits per heavy atom. The number of sulfonamides is 2. The Kier molecular flexibility index (Phi) is 7.55. The van der Waals surface area contributed by atoms with Gasteiger partial charge in [0.1, 0.15) is 16.9 Å². The smallest absolute Gasteiger partial charge is 0.302 e. The molecule has 3 rings (SSSR count). The van der Waals surface area contributed by atoms with Crippen LogP contribution in [0.25, 0.3) is 10.4 Å². The van der Waals surface area contributed by atoms with Crippen molar-refractivity contribution in [2.75, 3.05) is 25.9 Å². The molecule has 2 aromatic rings. The average Bonchev–Trinajstić information content (AvgIpc) is 3.27. The van der Waals surface area contributed by atoms with Crippen LogP contribution < -0.4 is 5.48 Å². The number of carbonyl (C=O) groups excluding carboxylic acids is 2. The van der Waals surface area contributed by atoms with Gasteiger partial charge in [0.05, 0.1) is 6.26 Å². The third-order valence-electron chi connectivity index (χ3n) is 5.00. The highest BCUT2D eigenvalue weighted by atomic mass is 32.2. The molecule has 1 aliphatic rings. The van der Waals surface area contributed by atoms with Gasteiger partial charge in [0.15, 0.2) is 0 Å². The Morgan fingerprint density at radius 1 is 1.12 bits per heavy atom. The van der Waals surface area contributed by atoms with Gasteiger partial charge in [-0.15, -0.1) is 11.3 Å². The SMILES string of the molecule is CC(=O)OCc1ccc(-c2ccc(S(=O)(=O)N3CCN(S(C)(=O)=O)C[C@@H]3C(=O)NO)s2)cc1. The van der Waals surface area contributed by atoms with E-state index in [1.54, 1.807) is 30.3 Å². The molecule has 33 heavy (non-hydrogen) atoms. The van der Waals surface area contributed by atoms with E-state index in [0.717, 1.165) is 37.3 Å². The molecule has 1 aromatic carbocycles. The van der Waals surface area contributed by atoms with Crippen molar-refractivity contribution in [3.8, 4) is 10.4 Å². The second-order valence-corrected chi connectivity index (χ2v) is 12.5.